The number of nitrogens with two attached hydrogens (primary N) is 1. The molecule has 160 valence electrons. The third-order valence-electron chi connectivity index (χ3n) is 4.40. The van der Waals surface area contributed by atoms with Crippen LogP contribution in [0.5, 0.6) is 5.88 Å². The van der Waals surface area contributed by atoms with Crippen LogP contribution in [0.4, 0.5) is 11.4 Å². The van der Waals surface area contributed by atoms with Crippen LogP contribution in [0.3, 0.4) is 0 Å². The topological polar surface area (TPSA) is 122 Å². The van der Waals surface area contributed by atoms with Crippen molar-refractivity contribution in [3.63, 3.8) is 0 Å². The normalized spacial score (nSPS) is 12.4. The van der Waals surface area contributed by atoms with E-state index in [-0.39, 0.29) is 27.3 Å². The average molecular weight is 456 g/mol. The van der Waals surface area contributed by atoms with Crippen molar-refractivity contribution < 1.29 is 13.5 Å². The van der Waals surface area contributed by atoms with E-state index in [4.69, 9.17) is 17.4 Å². The minimum Gasteiger partial charge on any atom is -0.493 e. The van der Waals surface area contributed by atoms with Crippen molar-refractivity contribution in [3.05, 3.63) is 72.8 Å². The van der Waals surface area contributed by atoms with Gasteiger partial charge in [0.1, 0.15) is 4.90 Å². The number of rotatable bonds is 6. The number of hydrogen-bond donors (Lipinski definition) is 3. The molecule has 3 aromatic rings. The first kappa shape index (κ1) is 22.3. The summed E-state index contributed by atoms with van der Waals surface area (Å²) < 4.78 is 25.2. The van der Waals surface area contributed by atoms with Gasteiger partial charge in [0.05, 0.1) is 11.2 Å². The summed E-state index contributed by atoms with van der Waals surface area (Å²) in [6.45, 7) is 6.06. The Morgan fingerprint density at radius 2 is 1.94 bits per heavy atom. The molecule has 1 heterocycles. The van der Waals surface area contributed by atoms with Gasteiger partial charge in [-0.2, -0.15) is 0 Å². The van der Waals surface area contributed by atoms with Crippen molar-refractivity contribution in [3.8, 4) is 5.88 Å². The molecule has 8 nitrogen and oxygen atoms in total. The van der Waals surface area contributed by atoms with Gasteiger partial charge in [-0.3, -0.25) is 0 Å². The number of azo groups is 1. The van der Waals surface area contributed by atoms with Gasteiger partial charge in [0.25, 0.3) is 0 Å². The number of hydrogen-bond acceptors (Lipinski definition) is 5. The molecule has 0 aliphatic rings. The molecule has 10 heteroatoms. The van der Waals surface area contributed by atoms with Gasteiger partial charge in [0.15, 0.2) is 5.69 Å². The second-order valence-electron chi connectivity index (χ2n) is 6.70. The predicted molar refractivity (Wildman–Crippen MR) is 126 cm³/mol. The molecule has 0 bridgehead atoms. The van der Waals surface area contributed by atoms with E-state index < -0.39 is 10.0 Å². The molecule has 0 aliphatic heterocycles. The maximum Gasteiger partial charge on any atom is 0.240 e. The minimum atomic E-state index is -3.94. The summed E-state index contributed by atoms with van der Waals surface area (Å²) in [4.78, 5) is -0.114. The molecule has 0 spiro atoms. The largest absolute Gasteiger partial charge is 0.493 e. The highest BCUT2D eigenvalue weighted by Gasteiger charge is 2.17. The summed E-state index contributed by atoms with van der Waals surface area (Å²) in [6, 6.07) is 13.4. The maximum absolute atomic E-state index is 11.7. The second kappa shape index (κ2) is 9.21. The Kier molecular flexibility index (Phi) is 6.64. The number of aromatic nitrogens is 1. The number of fused-ring (bicyclic) bond motifs is 1. The fourth-order valence-corrected chi connectivity index (χ4v) is 3.93. The number of anilines is 1. The Hall–Kier alpha value is -3.34. The van der Waals surface area contributed by atoms with Crippen LogP contribution in [0, 0.1) is 0 Å². The number of aromatic hydroxyl groups is 1. The average Bonchev–Trinajstić information content (AvgIpc) is 2.97. The van der Waals surface area contributed by atoms with E-state index in [0.717, 1.165) is 11.1 Å². The van der Waals surface area contributed by atoms with Crippen LogP contribution in [-0.2, 0) is 16.6 Å². The van der Waals surface area contributed by atoms with E-state index in [1.165, 1.54) is 12.1 Å². The molecule has 4 N–H and O–H groups in total. The highest BCUT2D eigenvalue weighted by atomic mass is 32.2. The van der Waals surface area contributed by atoms with Gasteiger partial charge < -0.3 is 15.0 Å². The molecule has 3 rings (SSSR count). The first-order valence-electron chi connectivity index (χ1n) is 9.15. The molecule has 1 aromatic heterocycles. The summed E-state index contributed by atoms with van der Waals surface area (Å²) in [5.74, 6) is -0.0606. The van der Waals surface area contributed by atoms with E-state index in [9.17, 15) is 13.5 Å². The molecule has 2 aromatic carbocycles. The van der Waals surface area contributed by atoms with Crippen LogP contribution >= 0.6 is 12.2 Å². The minimum absolute atomic E-state index is 0.0606. The quantitative estimate of drug-likeness (QED) is 0.285. The van der Waals surface area contributed by atoms with Crippen molar-refractivity contribution in [1.82, 2.24) is 4.57 Å². The lowest BCUT2D eigenvalue weighted by Gasteiger charge is -2.08. The van der Waals surface area contributed by atoms with E-state index in [1.807, 2.05) is 37.3 Å². The molecule has 0 saturated heterocycles. The first-order chi connectivity index (χ1) is 14.7. The molecule has 0 aliphatic carbocycles. The van der Waals surface area contributed by atoms with Crippen molar-refractivity contribution in [2.75, 3.05) is 5.32 Å². The Labute approximate surface area is 185 Å². The smallest absolute Gasteiger partial charge is 0.240 e. The summed E-state index contributed by atoms with van der Waals surface area (Å²) in [6.07, 6.45) is 3.54. The molecule has 31 heavy (non-hydrogen) atoms. The number of thiocarbonyl (C=S) groups is 1. The fraction of sp³-hybridized carbons (Fsp3) is 0.0952. The van der Waals surface area contributed by atoms with Gasteiger partial charge >= 0.3 is 0 Å². The van der Waals surface area contributed by atoms with Gasteiger partial charge in [0, 0.05) is 11.9 Å². The fourth-order valence-electron chi connectivity index (χ4n) is 3.09. The number of nitrogens with zero attached hydrogens (tertiary/aromatic N) is 3. The summed E-state index contributed by atoms with van der Waals surface area (Å²) in [5, 5.41) is 27.4. The Morgan fingerprint density at radius 3 is 2.65 bits per heavy atom. The second-order valence-corrected chi connectivity index (χ2v) is 8.61. The van der Waals surface area contributed by atoms with Crippen LogP contribution in [0.25, 0.3) is 10.9 Å². The monoisotopic (exact) mass is 455 g/mol. The first-order valence-corrected chi connectivity index (χ1v) is 11.1. The van der Waals surface area contributed by atoms with Crippen LogP contribution in [0.15, 0.2) is 88.0 Å². The number of sulfonamides is 1. The maximum atomic E-state index is 11.7. The lowest BCUT2D eigenvalue weighted by molar-refractivity contribution is 0.429. The lowest BCUT2D eigenvalue weighted by atomic mass is 10.2. The molecular weight excluding hydrogens is 434 g/mol. The molecule has 0 atom stereocenters. The van der Waals surface area contributed by atoms with Gasteiger partial charge in [0.2, 0.25) is 21.0 Å². The van der Waals surface area contributed by atoms with Crippen LogP contribution < -0.4 is 10.5 Å². The van der Waals surface area contributed by atoms with E-state index in [0.29, 0.717) is 11.9 Å². The molecule has 0 unspecified atom stereocenters. The molecule has 0 radical (unpaired) electrons. The zero-order valence-electron chi connectivity index (χ0n) is 16.7. The third kappa shape index (κ3) is 5.05. The van der Waals surface area contributed by atoms with Gasteiger partial charge in [-0.15, -0.1) is 10.2 Å². The molecule has 0 amide bonds. The van der Waals surface area contributed by atoms with Crippen molar-refractivity contribution in [2.45, 2.75) is 18.4 Å². The number of nitrogens with one attached hydrogen (secondary N) is 1. The number of primary sulfonamides is 1. The van der Waals surface area contributed by atoms with Crippen LogP contribution in [-0.4, -0.2) is 23.2 Å². The highest BCUT2D eigenvalue weighted by Crippen LogP contribution is 2.39. The Morgan fingerprint density at radius 1 is 1.26 bits per heavy atom. The van der Waals surface area contributed by atoms with Gasteiger partial charge in [-0.1, -0.05) is 54.6 Å². The standard InChI is InChI=1S/C21H21N5O3S2/c1-3-8-14(2)13-26-17-11-6-4-9-15(17)19(20(26)27)24-25-21(30)23-16-10-5-7-12-18(16)31(22,28)29/h3-12,27H,1,13H2,2H3,(H,23,30)(H2,22,28,29)/b14-8+,25-24?. The molecule has 0 saturated carbocycles. The summed E-state index contributed by atoms with van der Waals surface area (Å²) in [7, 11) is -3.94. The van der Waals surface area contributed by atoms with Crippen LogP contribution in [0.1, 0.15) is 6.92 Å². The van der Waals surface area contributed by atoms with Gasteiger partial charge in [-0.25, -0.2) is 13.6 Å². The SMILES string of the molecule is C=C/C=C(\C)Cn1c(O)c(N=NC(=S)Nc2ccccc2S(N)(=O)=O)c2ccccc21. The van der Waals surface area contributed by atoms with E-state index >= 15 is 0 Å². The van der Waals surface area contributed by atoms with Crippen molar-refractivity contribution >= 4 is 49.6 Å². The number of allylic oxidation sites excluding steroid dienone is 3. The molecular formula is C21H21N5O3S2. The summed E-state index contributed by atoms with van der Waals surface area (Å²) in [5.41, 5.74) is 2.22. The lowest BCUT2D eigenvalue weighted by Crippen LogP contribution is -2.16. The van der Waals surface area contributed by atoms with Crippen LogP contribution in [0.2, 0.25) is 0 Å². The van der Waals surface area contributed by atoms with E-state index in [2.05, 4.69) is 22.1 Å². The third-order valence-corrected chi connectivity index (χ3v) is 5.56. The Bertz CT molecular complexity index is 1320. The number of benzene rings is 2. The zero-order valence-corrected chi connectivity index (χ0v) is 18.3. The highest BCUT2D eigenvalue weighted by molar-refractivity contribution is 7.89. The number of para-hydroxylation sites is 2. The molecule has 0 fully saturated rings. The Balaban J connectivity index is 1.94. The predicted octanol–water partition coefficient (Wildman–Crippen LogP) is 4.61. The van der Waals surface area contributed by atoms with Crippen molar-refractivity contribution in [2.24, 2.45) is 15.4 Å². The zero-order chi connectivity index (χ0) is 22.6. The van der Waals surface area contributed by atoms with Gasteiger partial charge in [-0.05, 0) is 37.3 Å². The van der Waals surface area contributed by atoms with E-state index in [1.54, 1.807) is 22.8 Å². The van der Waals surface area contributed by atoms with Crippen molar-refractivity contribution in [1.29, 1.82) is 0 Å². The summed E-state index contributed by atoms with van der Waals surface area (Å²) >= 11 is 5.18.